The summed E-state index contributed by atoms with van der Waals surface area (Å²) >= 11 is 0. The molecule has 0 aromatic rings. The molecule has 11 heavy (non-hydrogen) atoms. The highest BCUT2D eigenvalue weighted by molar-refractivity contribution is 5.42. The largest absolute Gasteiger partial charge is 0.0770 e. The standard InChI is InChI=1S/C11H14/c1-7-10-5-8-3-2-4-9(8)6-11(7)10/h5-7,10-11H,2-4H2,1H3. The Morgan fingerprint density at radius 2 is 1.64 bits per heavy atom. The lowest BCUT2D eigenvalue weighted by Gasteiger charge is -2.04. The van der Waals surface area contributed by atoms with Gasteiger partial charge in [-0.15, -0.1) is 0 Å². The highest BCUT2D eigenvalue weighted by Gasteiger charge is 2.46. The summed E-state index contributed by atoms with van der Waals surface area (Å²) in [5.41, 5.74) is 3.38. The van der Waals surface area contributed by atoms with E-state index in [1.54, 1.807) is 11.1 Å². The number of rotatable bonds is 0. The summed E-state index contributed by atoms with van der Waals surface area (Å²) < 4.78 is 0. The molecule has 0 heteroatoms. The van der Waals surface area contributed by atoms with Crippen LogP contribution in [-0.2, 0) is 0 Å². The molecule has 0 saturated heterocycles. The first-order valence-corrected chi connectivity index (χ1v) is 4.78. The van der Waals surface area contributed by atoms with Crippen molar-refractivity contribution in [3.63, 3.8) is 0 Å². The molecular weight excluding hydrogens is 132 g/mol. The van der Waals surface area contributed by atoms with Gasteiger partial charge < -0.3 is 0 Å². The Hall–Kier alpha value is -0.520. The predicted octanol–water partition coefficient (Wildman–Crippen LogP) is 2.92. The van der Waals surface area contributed by atoms with Gasteiger partial charge in [-0.05, 0) is 48.2 Å². The highest BCUT2D eigenvalue weighted by Crippen LogP contribution is 2.54. The maximum Gasteiger partial charge on any atom is -0.0130 e. The smallest absolute Gasteiger partial charge is 0.0130 e. The summed E-state index contributed by atoms with van der Waals surface area (Å²) in [5.74, 6) is 2.83. The fourth-order valence-corrected chi connectivity index (χ4v) is 2.69. The summed E-state index contributed by atoms with van der Waals surface area (Å²) in [4.78, 5) is 0. The van der Waals surface area contributed by atoms with Gasteiger partial charge in [0, 0.05) is 0 Å². The lowest BCUT2D eigenvalue weighted by molar-refractivity contribution is 0.873. The third-order valence-corrected chi connectivity index (χ3v) is 3.61. The van der Waals surface area contributed by atoms with Crippen molar-refractivity contribution in [2.24, 2.45) is 17.8 Å². The van der Waals surface area contributed by atoms with Crippen LogP contribution in [0.15, 0.2) is 23.3 Å². The zero-order chi connectivity index (χ0) is 7.42. The van der Waals surface area contributed by atoms with Gasteiger partial charge in [0.25, 0.3) is 0 Å². The van der Waals surface area contributed by atoms with Crippen LogP contribution in [0.2, 0.25) is 0 Å². The second-order valence-electron chi connectivity index (χ2n) is 4.25. The van der Waals surface area contributed by atoms with Crippen molar-refractivity contribution in [3.8, 4) is 0 Å². The lowest BCUT2D eigenvalue weighted by Crippen LogP contribution is -1.88. The van der Waals surface area contributed by atoms with E-state index in [0.29, 0.717) is 0 Å². The molecule has 0 spiro atoms. The van der Waals surface area contributed by atoms with Gasteiger partial charge in [0.15, 0.2) is 0 Å². The van der Waals surface area contributed by atoms with Gasteiger partial charge >= 0.3 is 0 Å². The average Bonchev–Trinajstić information content (AvgIpc) is 2.50. The molecular formula is C11H14. The Balaban J connectivity index is 2.01. The summed E-state index contributed by atoms with van der Waals surface area (Å²) in [6.07, 6.45) is 9.24. The van der Waals surface area contributed by atoms with E-state index in [1.165, 1.54) is 19.3 Å². The van der Waals surface area contributed by atoms with E-state index in [9.17, 15) is 0 Å². The van der Waals surface area contributed by atoms with E-state index in [1.807, 2.05) is 0 Å². The minimum absolute atomic E-state index is 0.937. The number of hydrogen-bond donors (Lipinski definition) is 0. The molecule has 2 fully saturated rings. The van der Waals surface area contributed by atoms with Crippen molar-refractivity contribution < 1.29 is 0 Å². The summed E-state index contributed by atoms with van der Waals surface area (Å²) in [6, 6.07) is 0. The Labute approximate surface area is 68.0 Å². The van der Waals surface area contributed by atoms with Gasteiger partial charge in [-0.1, -0.05) is 19.1 Å². The van der Waals surface area contributed by atoms with E-state index >= 15 is 0 Å². The first kappa shape index (κ1) is 6.05. The molecule has 3 aliphatic rings. The Morgan fingerprint density at radius 1 is 1.09 bits per heavy atom. The quantitative estimate of drug-likeness (QED) is 0.493. The van der Waals surface area contributed by atoms with E-state index in [2.05, 4.69) is 19.1 Å². The van der Waals surface area contributed by atoms with E-state index in [0.717, 1.165) is 17.8 Å². The van der Waals surface area contributed by atoms with Crippen LogP contribution in [0, 0.1) is 17.8 Å². The van der Waals surface area contributed by atoms with Crippen molar-refractivity contribution in [2.75, 3.05) is 0 Å². The molecule has 58 valence electrons. The van der Waals surface area contributed by atoms with Gasteiger partial charge in [-0.2, -0.15) is 0 Å². The van der Waals surface area contributed by atoms with Crippen LogP contribution < -0.4 is 0 Å². The number of hydrogen-bond acceptors (Lipinski definition) is 0. The molecule has 0 aromatic carbocycles. The SMILES string of the molecule is CC1C2C=C3CCCC3=CC12. The summed E-state index contributed by atoms with van der Waals surface area (Å²) in [5, 5.41) is 0. The molecule has 2 saturated carbocycles. The molecule has 0 aliphatic heterocycles. The van der Waals surface area contributed by atoms with Crippen LogP contribution in [-0.4, -0.2) is 0 Å². The molecule has 0 amide bonds. The van der Waals surface area contributed by atoms with Crippen LogP contribution in [0.3, 0.4) is 0 Å². The fourth-order valence-electron chi connectivity index (χ4n) is 2.69. The minimum atomic E-state index is 0.937. The van der Waals surface area contributed by atoms with Crippen LogP contribution in [0.5, 0.6) is 0 Å². The van der Waals surface area contributed by atoms with Crippen molar-refractivity contribution in [2.45, 2.75) is 26.2 Å². The molecule has 0 radical (unpaired) electrons. The molecule has 0 N–H and O–H groups in total. The average molecular weight is 146 g/mol. The van der Waals surface area contributed by atoms with Gasteiger partial charge in [0.2, 0.25) is 0 Å². The first-order chi connectivity index (χ1) is 5.36. The van der Waals surface area contributed by atoms with Crippen molar-refractivity contribution in [3.05, 3.63) is 23.3 Å². The van der Waals surface area contributed by atoms with Crippen LogP contribution >= 0.6 is 0 Å². The van der Waals surface area contributed by atoms with Crippen molar-refractivity contribution >= 4 is 0 Å². The number of fused-ring (bicyclic) bond motifs is 2. The lowest BCUT2D eigenvalue weighted by atomic mass is 10.0. The van der Waals surface area contributed by atoms with Gasteiger partial charge in [-0.25, -0.2) is 0 Å². The molecule has 2 unspecified atom stereocenters. The topological polar surface area (TPSA) is 0 Å². The third kappa shape index (κ3) is 0.702. The Bertz CT molecular complexity index is 231. The maximum atomic E-state index is 2.55. The van der Waals surface area contributed by atoms with Gasteiger partial charge in [-0.3, -0.25) is 0 Å². The minimum Gasteiger partial charge on any atom is -0.0770 e. The molecule has 0 heterocycles. The maximum absolute atomic E-state index is 2.55. The Kier molecular flexibility index (Phi) is 0.988. The second-order valence-corrected chi connectivity index (χ2v) is 4.25. The fraction of sp³-hybridized carbons (Fsp3) is 0.636. The van der Waals surface area contributed by atoms with Crippen molar-refractivity contribution in [1.29, 1.82) is 0 Å². The highest BCUT2D eigenvalue weighted by atomic mass is 14.5. The predicted molar refractivity (Wildman–Crippen MR) is 46.2 cm³/mol. The molecule has 0 bridgehead atoms. The van der Waals surface area contributed by atoms with Gasteiger partial charge in [0.05, 0.1) is 0 Å². The Morgan fingerprint density at radius 3 is 2.18 bits per heavy atom. The molecule has 3 rings (SSSR count). The normalized spacial score (nSPS) is 45.7. The zero-order valence-electron chi connectivity index (χ0n) is 7.01. The monoisotopic (exact) mass is 146 g/mol. The summed E-state index contributed by atoms with van der Waals surface area (Å²) in [7, 11) is 0. The second kappa shape index (κ2) is 1.80. The van der Waals surface area contributed by atoms with Crippen LogP contribution in [0.25, 0.3) is 0 Å². The van der Waals surface area contributed by atoms with Gasteiger partial charge in [0.1, 0.15) is 0 Å². The molecule has 3 aliphatic carbocycles. The molecule has 2 atom stereocenters. The van der Waals surface area contributed by atoms with Crippen LogP contribution in [0.1, 0.15) is 26.2 Å². The van der Waals surface area contributed by atoms with Crippen molar-refractivity contribution in [1.82, 2.24) is 0 Å². The molecule has 0 aromatic heterocycles. The van der Waals surface area contributed by atoms with Crippen LogP contribution in [0.4, 0.5) is 0 Å². The van der Waals surface area contributed by atoms with E-state index < -0.39 is 0 Å². The third-order valence-electron chi connectivity index (χ3n) is 3.61. The van der Waals surface area contributed by atoms with E-state index in [-0.39, 0.29) is 0 Å². The van der Waals surface area contributed by atoms with E-state index in [4.69, 9.17) is 0 Å². The summed E-state index contributed by atoms with van der Waals surface area (Å²) in [6.45, 7) is 2.38. The molecule has 0 nitrogen and oxygen atoms in total. The first-order valence-electron chi connectivity index (χ1n) is 4.78. The number of allylic oxidation sites excluding steroid dienone is 4. The zero-order valence-corrected chi connectivity index (χ0v) is 7.01.